The van der Waals surface area contributed by atoms with Crippen LogP contribution >= 0.6 is 0 Å². The number of rotatable bonds is 5. The van der Waals surface area contributed by atoms with Gasteiger partial charge >= 0.3 is 0 Å². The maximum atomic E-state index is 12.1. The van der Waals surface area contributed by atoms with Crippen molar-refractivity contribution in [2.24, 2.45) is 0 Å². The van der Waals surface area contributed by atoms with Crippen LogP contribution in [0.4, 0.5) is 5.95 Å². The van der Waals surface area contributed by atoms with Crippen molar-refractivity contribution in [3.63, 3.8) is 0 Å². The fourth-order valence-electron chi connectivity index (χ4n) is 3.06. The lowest BCUT2D eigenvalue weighted by molar-refractivity contribution is 0.592. The van der Waals surface area contributed by atoms with E-state index in [2.05, 4.69) is 25.4 Å². The number of nitrogens with zero attached hydrogens (tertiary/aromatic N) is 5. The van der Waals surface area contributed by atoms with Gasteiger partial charge in [0.1, 0.15) is 0 Å². The molecule has 1 N–H and O–H groups in total. The molecule has 0 bridgehead atoms. The first-order valence-corrected chi connectivity index (χ1v) is 10.8. The Bertz CT molecular complexity index is 1280. The smallest absolute Gasteiger partial charge is 0.252 e. The van der Waals surface area contributed by atoms with E-state index in [9.17, 15) is 8.42 Å². The summed E-state index contributed by atoms with van der Waals surface area (Å²) >= 11 is 0. The van der Waals surface area contributed by atoms with Crippen LogP contribution in [0, 0.1) is 0 Å². The van der Waals surface area contributed by atoms with E-state index in [1.807, 2.05) is 44.2 Å². The van der Waals surface area contributed by atoms with Crippen molar-refractivity contribution in [3.8, 4) is 0 Å². The van der Waals surface area contributed by atoms with Crippen LogP contribution < -0.4 is 5.32 Å². The fourth-order valence-corrected chi connectivity index (χ4v) is 3.56. The molecule has 9 heteroatoms. The van der Waals surface area contributed by atoms with Crippen LogP contribution in [0.5, 0.6) is 0 Å². The Kier molecular flexibility index (Phi) is 4.46. The molecule has 4 aromatic rings. The van der Waals surface area contributed by atoms with E-state index >= 15 is 0 Å². The number of aromatic nitrogens is 5. The molecule has 3 aromatic heterocycles. The molecule has 3 heterocycles. The lowest BCUT2D eigenvalue weighted by Gasteiger charge is -2.11. The van der Waals surface area contributed by atoms with E-state index < -0.39 is 9.84 Å². The van der Waals surface area contributed by atoms with Gasteiger partial charge < -0.3 is 5.32 Å². The lowest BCUT2D eigenvalue weighted by Crippen LogP contribution is -2.14. The first-order valence-electron chi connectivity index (χ1n) is 8.87. The Morgan fingerprint density at radius 3 is 2.71 bits per heavy atom. The average molecular weight is 396 g/mol. The average Bonchev–Trinajstić information content (AvgIpc) is 3.10. The summed E-state index contributed by atoms with van der Waals surface area (Å²) in [6.07, 6.45) is 4.56. The molecule has 1 aromatic carbocycles. The molecule has 0 saturated heterocycles. The van der Waals surface area contributed by atoms with Gasteiger partial charge in [-0.2, -0.15) is 19.6 Å². The van der Waals surface area contributed by atoms with Gasteiger partial charge in [-0.05, 0) is 23.6 Å². The van der Waals surface area contributed by atoms with Crippen molar-refractivity contribution in [1.29, 1.82) is 0 Å². The molecule has 0 amide bonds. The summed E-state index contributed by atoms with van der Waals surface area (Å²) in [4.78, 5) is 12.8. The van der Waals surface area contributed by atoms with Gasteiger partial charge in [0, 0.05) is 29.9 Å². The van der Waals surface area contributed by atoms with Crippen LogP contribution in [-0.4, -0.2) is 39.2 Å². The highest BCUT2D eigenvalue weighted by atomic mass is 32.2. The van der Waals surface area contributed by atoms with Gasteiger partial charge in [-0.1, -0.05) is 32.0 Å². The second-order valence-electron chi connectivity index (χ2n) is 6.93. The number of pyridine rings is 1. The van der Waals surface area contributed by atoms with Crippen LogP contribution in [0.25, 0.3) is 16.6 Å². The predicted molar refractivity (Wildman–Crippen MR) is 107 cm³/mol. The van der Waals surface area contributed by atoms with Crippen LogP contribution in [0.1, 0.15) is 30.9 Å². The van der Waals surface area contributed by atoms with E-state index in [0.717, 1.165) is 28.3 Å². The zero-order valence-electron chi connectivity index (χ0n) is 15.8. The number of sulfone groups is 1. The highest BCUT2D eigenvalue weighted by Crippen LogP contribution is 2.23. The first-order chi connectivity index (χ1) is 13.3. The molecule has 0 saturated carbocycles. The highest BCUT2D eigenvalue weighted by Gasteiger charge is 2.20. The third-order valence-electron chi connectivity index (χ3n) is 4.50. The monoisotopic (exact) mass is 396 g/mol. The number of hydrogen-bond donors (Lipinski definition) is 1. The van der Waals surface area contributed by atoms with Gasteiger partial charge in [-0.25, -0.2) is 8.42 Å². The minimum Gasteiger partial charge on any atom is -0.350 e. The maximum absolute atomic E-state index is 12.1. The maximum Gasteiger partial charge on any atom is 0.252 e. The minimum atomic E-state index is -3.57. The predicted octanol–water partition coefficient (Wildman–Crippen LogP) is 2.81. The molecule has 0 fully saturated rings. The molecule has 0 spiro atoms. The molecule has 0 aliphatic rings. The first kappa shape index (κ1) is 18.3. The lowest BCUT2D eigenvalue weighted by atomic mass is 10.1. The summed E-state index contributed by atoms with van der Waals surface area (Å²) < 4.78 is 25.7. The van der Waals surface area contributed by atoms with Gasteiger partial charge in [-0.15, -0.1) is 0 Å². The van der Waals surface area contributed by atoms with Crippen molar-refractivity contribution in [2.45, 2.75) is 31.5 Å². The summed E-state index contributed by atoms with van der Waals surface area (Å²) in [5.41, 5.74) is 3.28. The Morgan fingerprint density at radius 2 is 1.96 bits per heavy atom. The molecule has 4 rings (SSSR count). The van der Waals surface area contributed by atoms with Crippen molar-refractivity contribution in [2.75, 3.05) is 11.6 Å². The number of hydrogen-bond acceptors (Lipinski definition) is 7. The van der Waals surface area contributed by atoms with E-state index in [1.54, 1.807) is 16.9 Å². The second-order valence-corrected chi connectivity index (χ2v) is 8.84. The summed E-state index contributed by atoms with van der Waals surface area (Å²) in [7, 11) is -3.57. The number of benzene rings is 1. The standard InChI is InChI=1S/C19H20N6O2S/c1-12(2)15-11-22-25-17(15)23-19(28(3,26)27)24-18(25)21-10-13-6-4-8-16-14(13)7-5-9-20-16/h4-9,11-12H,10H2,1-3H3,(H,21,23,24). The van der Waals surface area contributed by atoms with Gasteiger partial charge in [0.15, 0.2) is 5.65 Å². The number of nitrogens with one attached hydrogen (secondary N) is 1. The zero-order chi connectivity index (χ0) is 19.9. The Morgan fingerprint density at radius 1 is 1.14 bits per heavy atom. The third-order valence-corrected chi connectivity index (χ3v) is 5.35. The van der Waals surface area contributed by atoms with Crippen LogP contribution in [-0.2, 0) is 16.4 Å². The molecule has 8 nitrogen and oxygen atoms in total. The van der Waals surface area contributed by atoms with Crippen molar-refractivity contribution in [3.05, 3.63) is 53.9 Å². The molecule has 0 aliphatic carbocycles. The summed E-state index contributed by atoms with van der Waals surface area (Å²) in [6, 6.07) is 9.77. The normalized spacial score (nSPS) is 12.1. The van der Waals surface area contributed by atoms with E-state index in [-0.39, 0.29) is 11.1 Å². The van der Waals surface area contributed by atoms with Crippen LogP contribution in [0.2, 0.25) is 0 Å². The molecule has 144 valence electrons. The van der Waals surface area contributed by atoms with Crippen molar-refractivity contribution >= 4 is 32.3 Å². The molecule has 0 atom stereocenters. The number of fused-ring (bicyclic) bond motifs is 2. The Hall–Kier alpha value is -3.07. The van der Waals surface area contributed by atoms with Crippen molar-refractivity contribution in [1.82, 2.24) is 24.6 Å². The molecule has 0 unspecified atom stereocenters. The van der Waals surface area contributed by atoms with Gasteiger partial charge in [0.25, 0.3) is 5.16 Å². The Labute approximate surface area is 162 Å². The van der Waals surface area contributed by atoms with Gasteiger partial charge in [0.2, 0.25) is 15.8 Å². The quantitative estimate of drug-likeness (QED) is 0.553. The molecular weight excluding hydrogens is 376 g/mol. The third kappa shape index (κ3) is 3.29. The molecule has 0 radical (unpaired) electrons. The SMILES string of the molecule is CC(C)c1cnn2c(NCc3cccc4ncccc34)nc(S(C)(=O)=O)nc12. The second kappa shape index (κ2) is 6.83. The van der Waals surface area contributed by atoms with Crippen molar-refractivity contribution < 1.29 is 8.42 Å². The van der Waals surface area contributed by atoms with Crippen LogP contribution in [0.3, 0.4) is 0 Å². The fraction of sp³-hybridized carbons (Fsp3) is 0.263. The minimum absolute atomic E-state index is 0.150. The van der Waals surface area contributed by atoms with Crippen LogP contribution in [0.15, 0.2) is 47.9 Å². The largest absolute Gasteiger partial charge is 0.350 e. The van der Waals surface area contributed by atoms with E-state index in [4.69, 9.17) is 0 Å². The summed E-state index contributed by atoms with van der Waals surface area (Å²) in [5.74, 6) is 0.481. The number of anilines is 1. The molecular formula is C19H20N6O2S. The summed E-state index contributed by atoms with van der Waals surface area (Å²) in [5, 5.41) is 8.38. The summed E-state index contributed by atoms with van der Waals surface area (Å²) in [6.45, 7) is 4.46. The van der Waals surface area contributed by atoms with Gasteiger partial charge in [0.05, 0.1) is 11.7 Å². The van der Waals surface area contributed by atoms with E-state index in [1.165, 1.54) is 0 Å². The Balaban J connectivity index is 1.79. The molecule has 28 heavy (non-hydrogen) atoms. The highest BCUT2D eigenvalue weighted by molar-refractivity contribution is 7.90. The zero-order valence-corrected chi connectivity index (χ0v) is 16.6. The van der Waals surface area contributed by atoms with Gasteiger partial charge in [-0.3, -0.25) is 4.98 Å². The van der Waals surface area contributed by atoms with E-state index in [0.29, 0.717) is 18.1 Å². The molecule has 0 aliphatic heterocycles. The topological polar surface area (TPSA) is 102 Å².